The van der Waals surface area contributed by atoms with Crippen LogP contribution in [-0.4, -0.2) is 20.1 Å². The van der Waals surface area contributed by atoms with Gasteiger partial charge in [-0.3, -0.25) is 9.78 Å². The van der Waals surface area contributed by atoms with Crippen molar-refractivity contribution in [1.29, 1.82) is 0 Å². The second kappa shape index (κ2) is 5.22. The van der Waals surface area contributed by atoms with Gasteiger partial charge in [0, 0.05) is 6.20 Å². The number of aryl methyl sites for hydroxylation is 1. The van der Waals surface area contributed by atoms with E-state index in [0.717, 1.165) is 12.0 Å². The molecule has 2 N–H and O–H groups in total. The van der Waals surface area contributed by atoms with Crippen molar-refractivity contribution >= 4 is 0 Å². The number of nitrogens with zero attached hydrogens (tertiary/aromatic N) is 2. The Balaban J connectivity index is 2.62. The molecule has 2 aromatic rings. The molecule has 0 bridgehead atoms. The number of nitrogens with one attached hydrogen (secondary N) is 1. The number of H-pyrrole nitrogens is 1. The van der Waals surface area contributed by atoms with Crippen LogP contribution in [0.25, 0.3) is 11.5 Å². The zero-order chi connectivity index (χ0) is 14.0. The predicted octanol–water partition coefficient (Wildman–Crippen LogP) is 2.22. The van der Waals surface area contributed by atoms with Crippen molar-refractivity contribution < 1.29 is 5.11 Å². The molecule has 0 atom stereocenters. The summed E-state index contributed by atoms with van der Waals surface area (Å²) in [6.07, 6.45) is 2.42. The van der Waals surface area contributed by atoms with Gasteiger partial charge < -0.3 is 10.1 Å². The normalized spacial score (nSPS) is 10.9. The lowest BCUT2D eigenvalue weighted by molar-refractivity contribution is 0.440. The predicted molar refractivity (Wildman–Crippen MR) is 73.2 cm³/mol. The van der Waals surface area contributed by atoms with E-state index < -0.39 is 0 Å². The Morgan fingerprint density at radius 3 is 2.74 bits per heavy atom. The highest BCUT2D eigenvalue weighted by Crippen LogP contribution is 2.23. The maximum atomic E-state index is 12.0. The van der Waals surface area contributed by atoms with Crippen LogP contribution < -0.4 is 5.56 Å². The van der Waals surface area contributed by atoms with Gasteiger partial charge in [0.25, 0.3) is 5.56 Å². The van der Waals surface area contributed by atoms with E-state index in [1.165, 1.54) is 0 Å². The second-order valence-corrected chi connectivity index (χ2v) is 4.67. The van der Waals surface area contributed by atoms with Gasteiger partial charge in [0.05, 0.1) is 5.56 Å². The van der Waals surface area contributed by atoms with Crippen LogP contribution in [0.1, 0.15) is 37.8 Å². The van der Waals surface area contributed by atoms with Crippen LogP contribution in [0.5, 0.6) is 5.88 Å². The van der Waals surface area contributed by atoms with Crippen LogP contribution >= 0.6 is 0 Å². The van der Waals surface area contributed by atoms with Crippen LogP contribution in [-0.2, 0) is 6.42 Å². The van der Waals surface area contributed by atoms with Gasteiger partial charge in [-0.05, 0) is 24.0 Å². The molecule has 100 valence electrons. The molecule has 2 heterocycles. The molecule has 0 saturated carbocycles. The number of pyridine rings is 1. The molecular weight excluding hydrogens is 242 g/mol. The molecule has 5 nitrogen and oxygen atoms in total. The van der Waals surface area contributed by atoms with Crippen molar-refractivity contribution in [2.45, 2.75) is 33.1 Å². The van der Waals surface area contributed by atoms with Gasteiger partial charge >= 0.3 is 0 Å². The molecule has 0 aliphatic heterocycles. The summed E-state index contributed by atoms with van der Waals surface area (Å²) in [6, 6.07) is 3.76. The minimum absolute atomic E-state index is 0.0836. The Morgan fingerprint density at radius 2 is 2.16 bits per heavy atom. The lowest BCUT2D eigenvalue weighted by Gasteiger charge is -2.09. The van der Waals surface area contributed by atoms with Gasteiger partial charge in [0.2, 0.25) is 5.88 Å². The van der Waals surface area contributed by atoms with Crippen LogP contribution in [0, 0.1) is 0 Å². The van der Waals surface area contributed by atoms with E-state index in [0.29, 0.717) is 17.1 Å². The molecular formula is C14H17N3O2. The standard InChI is InChI=1S/C14H17N3O2/c1-4-9-6-5-7-15-11(9)12-16-13(18)10(8(2)3)14(19)17-12/h5-8H,4H2,1-3H3,(H2,16,17,18,19). The fourth-order valence-corrected chi connectivity index (χ4v) is 2.04. The van der Waals surface area contributed by atoms with Crippen molar-refractivity contribution in [2.24, 2.45) is 0 Å². The molecule has 0 unspecified atom stereocenters. The average Bonchev–Trinajstić information content (AvgIpc) is 2.37. The summed E-state index contributed by atoms with van der Waals surface area (Å²) in [6.45, 7) is 5.68. The monoisotopic (exact) mass is 259 g/mol. The quantitative estimate of drug-likeness (QED) is 0.885. The van der Waals surface area contributed by atoms with Crippen molar-refractivity contribution in [2.75, 3.05) is 0 Å². The highest BCUT2D eigenvalue weighted by molar-refractivity contribution is 5.55. The van der Waals surface area contributed by atoms with E-state index in [1.54, 1.807) is 6.20 Å². The van der Waals surface area contributed by atoms with Crippen LogP contribution in [0.3, 0.4) is 0 Å². The Hall–Kier alpha value is -2.17. The molecule has 0 radical (unpaired) electrons. The van der Waals surface area contributed by atoms with Crippen molar-refractivity contribution in [3.63, 3.8) is 0 Å². The lowest BCUT2D eigenvalue weighted by atomic mass is 10.1. The molecule has 0 aliphatic rings. The average molecular weight is 259 g/mol. The maximum Gasteiger partial charge on any atom is 0.258 e. The summed E-state index contributed by atoms with van der Waals surface area (Å²) in [4.78, 5) is 23.0. The number of aromatic amines is 1. The third kappa shape index (κ3) is 2.50. The molecule has 5 heteroatoms. The van der Waals surface area contributed by atoms with Crippen LogP contribution in [0.4, 0.5) is 0 Å². The first-order valence-corrected chi connectivity index (χ1v) is 6.32. The Bertz CT molecular complexity index is 647. The van der Waals surface area contributed by atoms with E-state index in [-0.39, 0.29) is 17.4 Å². The largest absolute Gasteiger partial charge is 0.493 e. The summed E-state index contributed by atoms with van der Waals surface area (Å²) in [5.74, 6) is 0.00508. The maximum absolute atomic E-state index is 12.0. The summed E-state index contributed by atoms with van der Waals surface area (Å²) in [5, 5.41) is 9.91. The van der Waals surface area contributed by atoms with E-state index in [9.17, 15) is 9.90 Å². The minimum Gasteiger partial charge on any atom is -0.493 e. The Morgan fingerprint density at radius 1 is 1.42 bits per heavy atom. The number of aromatic nitrogens is 3. The van der Waals surface area contributed by atoms with Gasteiger partial charge in [-0.15, -0.1) is 0 Å². The van der Waals surface area contributed by atoms with Gasteiger partial charge in [-0.25, -0.2) is 0 Å². The SMILES string of the molecule is CCc1cccnc1-c1nc(O)c(C(C)C)c(=O)[nH]1. The van der Waals surface area contributed by atoms with E-state index in [4.69, 9.17) is 0 Å². The first-order valence-electron chi connectivity index (χ1n) is 6.32. The fourth-order valence-electron chi connectivity index (χ4n) is 2.04. The molecule has 0 fully saturated rings. The Labute approximate surface area is 111 Å². The zero-order valence-corrected chi connectivity index (χ0v) is 11.3. The van der Waals surface area contributed by atoms with Gasteiger partial charge in [0.1, 0.15) is 5.69 Å². The van der Waals surface area contributed by atoms with Gasteiger partial charge in [0.15, 0.2) is 5.82 Å². The van der Waals surface area contributed by atoms with Crippen molar-refractivity contribution in [3.05, 3.63) is 39.8 Å². The van der Waals surface area contributed by atoms with Gasteiger partial charge in [-0.1, -0.05) is 26.8 Å². The number of hydrogen-bond acceptors (Lipinski definition) is 4. The highest BCUT2D eigenvalue weighted by atomic mass is 16.3. The zero-order valence-electron chi connectivity index (χ0n) is 11.3. The summed E-state index contributed by atoms with van der Waals surface area (Å²) in [5.41, 5.74) is 1.57. The number of hydrogen-bond donors (Lipinski definition) is 2. The van der Waals surface area contributed by atoms with Crippen molar-refractivity contribution in [1.82, 2.24) is 15.0 Å². The first-order chi connectivity index (χ1) is 9.04. The van der Waals surface area contributed by atoms with E-state index >= 15 is 0 Å². The molecule has 19 heavy (non-hydrogen) atoms. The topological polar surface area (TPSA) is 78.9 Å². The van der Waals surface area contributed by atoms with E-state index in [1.807, 2.05) is 32.9 Å². The Kier molecular flexibility index (Phi) is 3.64. The number of aromatic hydroxyl groups is 1. The second-order valence-electron chi connectivity index (χ2n) is 4.67. The van der Waals surface area contributed by atoms with Crippen LogP contribution in [0.15, 0.2) is 23.1 Å². The molecule has 0 amide bonds. The number of rotatable bonds is 3. The third-order valence-electron chi connectivity index (χ3n) is 3.01. The summed E-state index contributed by atoms with van der Waals surface area (Å²) >= 11 is 0. The van der Waals surface area contributed by atoms with E-state index in [2.05, 4.69) is 15.0 Å². The molecule has 0 aliphatic carbocycles. The molecule has 2 rings (SSSR count). The lowest BCUT2D eigenvalue weighted by Crippen LogP contribution is -2.17. The highest BCUT2D eigenvalue weighted by Gasteiger charge is 2.16. The third-order valence-corrected chi connectivity index (χ3v) is 3.01. The van der Waals surface area contributed by atoms with Crippen molar-refractivity contribution in [3.8, 4) is 17.4 Å². The summed E-state index contributed by atoms with van der Waals surface area (Å²) in [7, 11) is 0. The van der Waals surface area contributed by atoms with Gasteiger partial charge in [-0.2, -0.15) is 4.98 Å². The first kappa shape index (κ1) is 13.3. The molecule has 0 spiro atoms. The fraction of sp³-hybridized carbons (Fsp3) is 0.357. The molecule has 0 saturated heterocycles. The smallest absolute Gasteiger partial charge is 0.258 e. The molecule has 2 aromatic heterocycles. The van der Waals surface area contributed by atoms with Crippen LogP contribution in [0.2, 0.25) is 0 Å². The summed E-state index contributed by atoms with van der Waals surface area (Å²) < 4.78 is 0. The molecule has 0 aromatic carbocycles. The minimum atomic E-state index is -0.315.